The molecule has 0 saturated carbocycles. The van der Waals surface area contributed by atoms with E-state index < -0.39 is 28.7 Å². The summed E-state index contributed by atoms with van der Waals surface area (Å²) in [6.45, 7) is 3.32. The quantitative estimate of drug-likeness (QED) is 0.420. The first-order chi connectivity index (χ1) is 13.2. The van der Waals surface area contributed by atoms with Gasteiger partial charge in [0, 0.05) is 6.07 Å². The van der Waals surface area contributed by atoms with Crippen LogP contribution >= 0.6 is 11.6 Å². The molecule has 0 bridgehead atoms. The molecule has 2 aromatic carbocycles. The molecule has 0 aliphatic carbocycles. The fourth-order valence-corrected chi connectivity index (χ4v) is 2.83. The maximum Gasteiger partial charge on any atom is 0.308 e. The second-order valence-electron chi connectivity index (χ2n) is 6.21. The third kappa shape index (κ3) is 5.50. The Bertz CT molecular complexity index is 904. The van der Waals surface area contributed by atoms with Gasteiger partial charge in [-0.25, -0.2) is 4.39 Å². The number of nitrogens with zero attached hydrogens (tertiary/aromatic N) is 1. The van der Waals surface area contributed by atoms with Gasteiger partial charge in [0.2, 0.25) is 0 Å². The van der Waals surface area contributed by atoms with Crippen molar-refractivity contribution < 1.29 is 23.6 Å². The number of carbonyl (C=O) groups is 2. The molecule has 1 atom stereocenters. The monoisotopic (exact) mass is 408 g/mol. The summed E-state index contributed by atoms with van der Waals surface area (Å²) in [5.41, 5.74) is -0.140. The van der Waals surface area contributed by atoms with Crippen molar-refractivity contribution in [3.05, 3.63) is 74.5 Å². The molecule has 1 amide bonds. The molecule has 148 valence electrons. The van der Waals surface area contributed by atoms with Crippen LogP contribution < -0.4 is 5.32 Å². The summed E-state index contributed by atoms with van der Waals surface area (Å²) in [4.78, 5) is 35.5. The second kappa shape index (κ2) is 9.27. The smallest absolute Gasteiger partial charge is 0.308 e. The Morgan fingerprint density at radius 1 is 1.25 bits per heavy atom. The fourth-order valence-electron chi connectivity index (χ4n) is 2.57. The van der Waals surface area contributed by atoms with E-state index in [2.05, 4.69) is 5.32 Å². The number of nitro benzene ring substituents is 1. The van der Waals surface area contributed by atoms with Gasteiger partial charge in [-0.1, -0.05) is 29.8 Å². The highest BCUT2D eigenvalue weighted by Crippen LogP contribution is 2.28. The number of benzene rings is 2. The number of halogens is 2. The van der Waals surface area contributed by atoms with Crippen molar-refractivity contribution in [2.24, 2.45) is 0 Å². The van der Waals surface area contributed by atoms with E-state index in [1.165, 1.54) is 24.3 Å². The van der Waals surface area contributed by atoms with Crippen LogP contribution in [-0.2, 0) is 9.53 Å². The van der Waals surface area contributed by atoms with E-state index in [-0.39, 0.29) is 34.4 Å². The molecule has 28 heavy (non-hydrogen) atoms. The Hall–Kier alpha value is -3.00. The topological polar surface area (TPSA) is 98.5 Å². The molecular weight excluding hydrogens is 391 g/mol. The maximum atomic E-state index is 13.2. The first-order valence-corrected chi connectivity index (χ1v) is 8.75. The van der Waals surface area contributed by atoms with Crippen molar-refractivity contribution in [3.8, 4) is 0 Å². The lowest BCUT2D eigenvalue weighted by atomic mass is 10.0. The molecule has 7 nitrogen and oxygen atoms in total. The molecule has 0 spiro atoms. The van der Waals surface area contributed by atoms with Gasteiger partial charge in [0.1, 0.15) is 5.82 Å². The summed E-state index contributed by atoms with van der Waals surface area (Å²) in [6.07, 6.45) is -0.714. The van der Waals surface area contributed by atoms with Gasteiger partial charge in [0.25, 0.3) is 11.6 Å². The summed E-state index contributed by atoms with van der Waals surface area (Å²) in [5, 5.41) is 13.8. The Morgan fingerprint density at radius 2 is 1.93 bits per heavy atom. The Labute approximate surface area is 165 Å². The lowest BCUT2D eigenvalue weighted by Crippen LogP contribution is -2.31. The van der Waals surface area contributed by atoms with Crippen molar-refractivity contribution in [1.29, 1.82) is 0 Å². The highest BCUT2D eigenvalue weighted by atomic mass is 35.5. The first-order valence-electron chi connectivity index (χ1n) is 8.37. The molecule has 0 fully saturated rings. The summed E-state index contributed by atoms with van der Waals surface area (Å²) in [6, 6.07) is 7.93. The number of carbonyl (C=O) groups excluding carboxylic acids is 2. The Balaban J connectivity index is 2.37. The minimum absolute atomic E-state index is 0.0242. The minimum atomic E-state index is -1.04. The highest BCUT2D eigenvalue weighted by molar-refractivity contribution is 6.33. The maximum absolute atomic E-state index is 13.2. The van der Waals surface area contributed by atoms with Gasteiger partial charge in [0.05, 0.1) is 39.6 Å². The van der Waals surface area contributed by atoms with Crippen molar-refractivity contribution >= 4 is 29.2 Å². The van der Waals surface area contributed by atoms with E-state index in [0.29, 0.717) is 0 Å². The number of hydrogen-bond donors (Lipinski definition) is 1. The van der Waals surface area contributed by atoms with Gasteiger partial charge in [-0.05, 0) is 32.0 Å². The zero-order valence-electron chi connectivity index (χ0n) is 15.1. The van der Waals surface area contributed by atoms with Crippen LogP contribution in [0, 0.1) is 15.9 Å². The molecule has 0 heterocycles. The second-order valence-corrected chi connectivity index (χ2v) is 6.62. The van der Waals surface area contributed by atoms with Crippen LogP contribution in [0.25, 0.3) is 0 Å². The normalized spacial score (nSPS) is 11.8. The Kier molecular flexibility index (Phi) is 7.06. The van der Waals surface area contributed by atoms with Crippen molar-refractivity contribution in [2.75, 3.05) is 0 Å². The number of nitro groups is 1. The third-order valence-corrected chi connectivity index (χ3v) is 4.04. The zero-order valence-corrected chi connectivity index (χ0v) is 15.9. The van der Waals surface area contributed by atoms with Crippen LogP contribution in [0.4, 0.5) is 10.1 Å². The number of amides is 1. The summed E-state index contributed by atoms with van der Waals surface area (Å²) < 4.78 is 18.3. The first kappa shape index (κ1) is 21.3. The standard InChI is InChI=1S/C19H18ClFN2O5/c1-11(2)28-18(24)10-16(14-5-3-4-6-17(14)23(26)27)22-19(25)13-8-7-12(21)9-15(13)20/h3-9,11,16H,10H2,1-2H3,(H,22,25). The number of para-hydroxylation sites is 1. The van der Waals surface area contributed by atoms with Crippen LogP contribution in [0.15, 0.2) is 42.5 Å². The molecule has 0 aliphatic rings. The zero-order chi connectivity index (χ0) is 20.8. The van der Waals surface area contributed by atoms with Crippen LogP contribution in [0.3, 0.4) is 0 Å². The van der Waals surface area contributed by atoms with Crippen LogP contribution in [0.1, 0.15) is 42.2 Å². The van der Waals surface area contributed by atoms with Gasteiger partial charge in [0.15, 0.2) is 0 Å². The lowest BCUT2D eigenvalue weighted by molar-refractivity contribution is -0.385. The number of rotatable bonds is 7. The Morgan fingerprint density at radius 3 is 2.54 bits per heavy atom. The minimum Gasteiger partial charge on any atom is -0.463 e. The predicted molar refractivity (Wildman–Crippen MR) is 101 cm³/mol. The number of esters is 1. The van der Waals surface area contributed by atoms with E-state index in [9.17, 15) is 24.1 Å². The van der Waals surface area contributed by atoms with Gasteiger partial charge < -0.3 is 10.1 Å². The van der Waals surface area contributed by atoms with Crippen molar-refractivity contribution in [3.63, 3.8) is 0 Å². The molecule has 0 radical (unpaired) electrons. The number of nitrogens with one attached hydrogen (secondary N) is 1. The van der Waals surface area contributed by atoms with Crippen LogP contribution in [0.2, 0.25) is 5.02 Å². The van der Waals surface area contributed by atoms with Gasteiger partial charge in [-0.2, -0.15) is 0 Å². The van der Waals surface area contributed by atoms with Gasteiger partial charge in [-0.15, -0.1) is 0 Å². The molecule has 0 saturated heterocycles. The summed E-state index contributed by atoms with van der Waals surface area (Å²) in [5.74, 6) is -1.95. The molecule has 1 N–H and O–H groups in total. The molecule has 9 heteroatoms. The van der Waals surface area contributed by atoms with Gasteiger partial charge >= 0.3 is 5.97 Å². The molecule has 1 unspecified atom stereocenters. The van der Waals surface area contributed by atoms with Gasteiger partial charge in [-0.3, -0.25) is 19.7 Å². The average Bonchev–Trinajstić information content (AvgIpc) is 2.60. The van der Waals surface area contributed by atoms with E-state index in [1.54, 1.807) is 19.9 Å². The highest BCUT2D eigenvalue weighted by Gasteiger charge is 2.27. The number of ether oxygens (including phenoxy) is 1. The number of hydrogen-bond acceptors (Lipinski definition) is 5. The summed E-state index contributed by atoms with van der Waals surface area (Å²) in [7, 11) is 0. The molecule has 2 rings (SSSR count). The molecule has 2 aromatic rings. The van der Waals surface area contributed by atoms with Crippen molar-refractivity contribution in [2.45, 2.75) is 32.4 Å². The summed E-state index contributed by atoms with van der Waals surface area (Å²) >= 11 is 5.91. The van der Waals surface area contributed by atoms with Crippen LogP contribution in [0.5, 0.6) is 0 Å². The lowest BCUT2D eigenvalue weighted by Gasteiger charge is -2.20. The van der Waals surface area contributed by atoms with E-state index in [4.69, 9.17) is 16.3 Å². The van der Waals surface area contributed by atoms with Crippen molar-refractivity contribution in [1.82, 2.24) is 5.32 Å². The van der Waals surface area contributed by atoms with E-state index in [1.807, 2.05) is 0 Å². The third-order valence-electron chi connectivity index (χ3n) is 3.73. The molecular formula is C19H18ClFN2O5. The average molecular weight is 409 g/mol. The van der Waals surface area contributed by atoms with E-state index in [0.717, 1.165) is 12.1 Å². The van der Waals surface area contributed by atoms with Crippen LogP contribution in [-0.4, -0.2) is 22.9 Å². The largest absolute Gasteiger partial charge is 0.463 e. The fraction of sp³-hybridized carbons (Fsp3) is 0.263. The predicted octanol–water partition coefficient (Wildman–Crippen LogP) is 4.20. The molecule has 0 aromatic heterocycles. The van der Waals surface area contributed by atoms with E-state index >= 15 is 0 Å². The molecule has 0 aliphatic heterocycles. The SMILES string of the molecule is CC(C)OC(=O)CC(NC(=O)c1ccc(F)cc1Cl)c1ccccc1[N+](=O)[O-].